The van der Waals surface area contributed by atoms with E-state index in [9.17, 15) is 9.59 Å². The van der Waals surface area contributed by atoms with Gasteiger partial charge in [0.05, 0.1) is 28.0 Å². The van der Waals surface area contributed by atoms with Gasteiger partial charge in [0.25, 0.3) is 0 Å². The maximum absolute atomic E-state index is 12.4. The lowest BCUT2D eigenvalue weighted by atomic mass is 9.85. The van der Waals surface area contributed by atoms with Gasteiger partial charge in [-0.3, -0.25) is 19.7 Å². The molecule has 3 N–H and O–H groups in total. The summed E-state index contributed by atoms with van der Waals surface area (Å²) in [4.78, 5) is 38.4. The van der Waals surface area contributed by atoms with Crippen LogP contribution in [0.15, 0.2) is 67.1 Å². The van der Waals surface area contributed by atoms with Crippen LogP contribution in [0.25, 0.3) is 54.9 Å². The Morgan fingerprint density at radius 3 is 2.69 bits per heavy atom. The minimum atomic E-state index is 0.0617. The van der Waals surface area contributed by atoms with Gasteiger partial charge in [-0.25, -0.2) is 4.98 Å². The summed E-state index contributed by atoms with van der Waals surface area (Å²) in [5.74, 6) is 0.243. The molecule has 0 atom stereocenters. The number of aromatic amines is 2. The van der Waals surface area contributed by atoms with Gasteiger partial charge < -0.3 is 10.3 Å². The largest absolute Gasteiger partial charge is 0.338 e. The third-order valence-corrected chi connectivity index (χ3v) is 8.60. The molecule has 0 saturated heterocycles. The van der Waals surface area contributed by atoms with Crippen LogP contribution in [0.1, 0.15) is 35.9 Å². The number of aromatic nitrogens is 5. The number of hydrogen-bond donors (Lipinski definition) is 3. The Morgan fingerprint density at radius 1 is 1.00 bits per heavy atom. The first-order chi connectivity index (χ1) is 19.0. The Hall–Kier alpha value is -4.63. The Bertz CT molecular complexity index is 1890. The topological polar surface area (TPSA) is 116 Å². The Kier molecular flexibility index (Phi) is 5.59. The number of benzene rings is 1. The van der Waals surface area contributed by atoms with E-state index in [1.54, 1.807) is 25.5 Å². The number of nitrogens with zero attached hydrogens (tertiary/aromatic N) is 3. The lowest BCUT2D eigenvalue weighted by Gasteiger charge is -2.24. The highest BCUT2D eigenvalue weighted by Gasteiger charge is 2.25. The molecule has 1 fully saturated rings. The number of amides is 1. The molecule has 1 saturated carbocycles. The van der Waals surface area contributed by atoms with E-state index in [0.717, 1.165) is 79.0 Å². The average molecular weight is 533 g/mol. The summed E-state index contributed by atoms with van der Waals surface area (Å²) in [6.45, 7) is 1.58. The first kappa shape index (κ1) is 23.5. The van der Waals surface area contributed by atoms with E-state index in [1.807, 2.05) is 36.4 Å². The first-order valence-electron chi connectivity index (χ1n) is 12.9. The molecule has 6 aromatic rings. The van der Waals surface area contributed by atoms with Crippen molar-refractivity contribution in [1.29, 1.82) is 0 Å². The minimum Gasteiger partial charge on any atom is -0.338 e. The third kappa shape index (κ3) is 4.21. The number of Topliss-reactive ketones (excluding diaryl/α,β-unsaturated/α-hetero) is 1. The molecule has 1 amide bonds. The molecule has 5 heterocycles. The number of pyridine rings is 2. The van der Waals surface area contributed by atoms with E-state index in [1.165, 1.54) is 11.3 Å². The number of ketones is 1. The molecule has 0 radical (unpaired) electrons. The normalized spacial score (nSPS) is 13.6. The van der Waals surface area contributed by atoms with Crippen molar-refractivity contribution in [2.24, 2.45) is 5.92 Å². The van der Waals surface area contributed by atoms with Gasteiger partial charge in [-0.15, -0.1) is 11.3 Å². The third-order valence-electron chi connectivity index (χ3n) is 7.38. The molecule has 1 aromatic carbocycles. The summed E-state index contributed by atoms with van der Waals surface area (Å²) < 4.78 is 0. The first-order valence-corrected chi connectivity index (χ1v) is 13.7. The molecular weight excluding hydrogens is 508 g/mol. The summed E-state index contributed by atoms with van der Waals surface area (Å²) in [5, 5.41) is 12.7. The van der Waals surface area contributed by atoms with Gasteiger partial charge in [0.15, 0.2) is 5.78 Å². The SMILES string of the molecule is CC(=O)c1ccc(-c2ccnc3[nH]c(-c4n[nH]c5ccc(-c6cncc(NC(=O)C7CCC7)c6)cc45)cc23)s1. The number of rotatable bonds is 6. The van der Waals surface area contributed by atoms with Crippen molar-refractivity contribution in [1.82, 2.24) is 25.1 Å². The van der Waals surface area contributed by atoms with E-state index in [2.05, 4.69) is 42.6 Å². The van der Waals surface area contributed by atoms with Gasteiger partial charge in [0.2, 0.25) is 5.91 Å². The highest BCUT2D eigenvalue weighted by atomic mass is 32.1. The van der Waals surface area contributed by atoms with Crippen LogP contribution in [-0.2, 0) is 4.79 Å². The molecule has 0 aliphatic heterocycles. The molecule has 8 nitrogen and oxygen atoms in total. The lowest BCUT2D eigenvalue weighted by Crippen LogP contribution is -2.28. The van der Waals surface area contributed by atoms with Gasteiger partial charge in [-0.2, -0.15) is 5.10 Å². The zero-order valence-corrected chi connectivity index (χ0v) is 21.9. The van der Waals surface area contributed by atoms with Crippen LogP contribution in [0.4, 0.5) is 5.69 Å². The zero-order valence-electron chi connectivity index (χ0n) is 21.1. The van der Waals surface area contributed by atoms with E-state index in [-0.39, 0.29) is 17.6 Å². The highest BCUT2D eigenvalue weighted by Crippen LogP contribution is 2.37. The monoisotopic (exact) mass is 532 g/mol. The van der Waals surface area contributed by atoms with Crippen molar-refractivity contribution in [2.45, 2.75) is 26.2 Å². The number of hydrogen-bond acceptors (Lipinski definition) is 6. The summed E-state index contributed by atoms with van der Waals surface area (Å²) in [6, 6.07) is 15.9. The second-order valence-electron chi connectivity index (χ2n) is 9.94. The van der Waals surface area contributed by atoms with Crippen molar-refractivity contribution >= 4 is 50.7 Å². The Morgan fingerprint density at radius 2 is 1.90 bits per heavy atom. The number of thiophene rings is 1. The van der Waals surface area contributed by atoms with Gasteiger partial charge >= 0.3 is 0 Å². The number of carbonyl (C=O) groups is 2. The van der Waals surface area contributed by atoms with Crippen LogP contribution in [0.5, 0.6) is 0 Å². The number of anilines is 1. The number of fused-ring (bicyclic) bond motifs is 2. The second kappa shape index (κ2) is 9.28. The van der Waals surface area contributed by atoms with Crippen LogP contribution in [0.2, 0.25) is 0 Å². The molecule has 192 valence electrons. The van der Waals surface area contributed by atoms with Crippen LogP contribution in [0.3, 0.4) is 0 Å². The van der Waals surface area contributed by atoms with Crippen LogP contribution in [0, 0.1) is 5.92 Å². The van der Waals surface area contributed by atoms with Crippen molar-refractivity contribution < 1.29 is 9.59 Å². The molecule has 1 aliphatic rings. The molecular formula is C30H24N6O2S. The maximum Gasteiger partial charge on any atom is 0.227 e. The zero-order chi connectivity index (χ0) is 26.5. The number of H-pyrrole nitrogens is 2. The number of nitrogens with one attached hydrogen (secondary N) is 3. The predicted molar refractivity (Wildman–Crippen MR) is 154 cm³/mol. The standard InChI is InChI=1S/C30H24N6O2S/c1-16(37)26-7-8-27(39-26)21-9-10-32-29-22(21)13-25(34-29)28-23-12-18(5-6-24(23)35-36-28)19-11-20(15-31-14-19)33-30(38)17-3-2-4-17/h5-15,17H,2-4H2,1H3,(H,32,34)(H,33,38)(H,35,36). The lowest BCUT2D eigenvalue weighted by molar-refractivity contribution is -0.122. The molecule has 7 rings (SSSR count). The number of carbonyl (C=O) groups excluding carboxylic acids is 2. The summed E-state index contributed by atoms with van der Waals surface area (Å²) in [7, 11) is 0. The molecule has 9 heteroatoms. The van der Waals surface area contributed by atoms with Crippen molar-refractivity contribution in [3.63, 3.8) is 0 Å². The Labute approximate surface area is 227 Å². The highest BCUT2D eigenvalue weighted by molar-refractivity contribution is 7.17. The van der Waals surface area contributed by atoms with Crippen LogP contribution < -0.4 is 5.32 Å². The quantitative estimate of drug-likeness (QED) is 0.203. The van der Waals surface area contributed by atoms with E-state index in [0.29, 0.717) is 5.69 Å². The van der Waals surface area contributed by atoms with Crippen LogP contribution >= 0.6 is 11.3 Å². The second-order valence-corrected chi connectivity index (χ2v) is 11.0. The molecule has 1 aliphatic carbocycles. The fraction of sp³-hybridized carbons (Fsp3) is 0.167. The van der Waals surface area contributed by atoms with Gasteiger partial charge in [-0.05, 0) is 67.8 Å². The smallest absolute Gasteiger partial charge is 0.227 e. The maximum atomic E-state index is 12.4. The van der Waals surface area contributed by atoms with E-state index < -0.39 is 0 Å². The van der Waals surface area contributed by atoms with Crippen LogP contribution in [-0.4, -0.2) is 36.8 Å². The van der Waals surface area contributed by atoms with Crippen molar-refractivity contribution in [3.8, 4) is 33.0 Å². The molecule has 0 spiro atoms. The van der Waals surface area contributed by atoms with E-state index >= 15 is 0 Å². The van der Waals surface area contributed by atoms with Gasteiger partial charge in [0, 0.05) is 45.1 Å². The van der Waals surface area contributed by atoms with Crippen molar-refractivity contribution in [2.75, 3.05) is 5.32 Å². The summed E-state index contributed by atoms with van der Waals surface area (Å²) in [6.07, 6.45) is 8.29. The molecule has 0 unspecified atom stereocenters. The van der Waals surface area contributed by atoms with Gasteiger partial charge in [-0.1, -0.05) is 12.5 Å². The Balaban J connectivity index is 1.25. The van der Waals surface area contributed by atoms with Gasteiger partial charge in [0.1, 0.15) is 11.3 Å². The van der Waals surface area contributed by atoms with Crippen molar-refractivity contribution in [3.05, 3.63) is 72.0 Å². The molecule has 5 aromatic heterocycles. The minimum absolute atomic E-state index is 0.0617. The summed E-state index contributed by atoms with van der Waals surface area (Å²) in [5.41, 5.74) is 6.90. The fourth-order valence-corrected chi connectivity index (χ4v) is 5.96. The van der Waals surface area contributed by atoms with E-state index in [4.69, 9.17) is 0 Å². The molecule has 39 heavy (non-hydrogen) atoms. The summed E-state index contributed by atoms with van der Waals surface area (Å²) >= 11 is 1.48. The fourth-order valence-electron chi connectivity index (χ4n) is 5.02. The average Bonchev–Trinajstić information content (AvgIpc) is 3.65. The predicted octanol–water partition coefficient (Wildman–Crippen LogP) is 6.84. The molecule has 0 bridgehead atoms.